The van der Waals surface area contributed by atoms with Gasteiger partial charge in [-0.05, 0) is 26.7 Å². The number of hydrogen-bond acceptors (Lipinski definition) is 2. The summed E-state index contributed by atoms with van der Waals surface area (Å²) in [7, 11) is 0. The monoisotopic (exact) mass is 252 g/mol. The summed E-state index contributed by atoms with van der Waals surface area (Å²) >= 11 is 0. The second kappa shape index (κ2) is 4.84. The summed E-state index contributed by atoms with van der Waals surface area (Å²) in [5, 5.41) is 2.41. The summed E-state index contributed by atoms with van der Waals surface area (Å²) in [5.74, 6) is -0.362. The van der Waals surface area contributed by atoms with Crippen molar-refractivity contribution in [2.75, 3.05) is 0 Å². The van der Waals surface area contributed by atoms with E-state index in [0.717, 1.165) is 12.8 Å². The lowest BCUT2D eigenvalue weighted by Crippen LogP contribution is -2.50. The number of alkyl halides is 3. The van der Waals surface area contributed by atoms with Crippen molar-refractivity contribution < 1.29 is 18.0 Å². The molecular formula is C11H19F3N2O. The van der Waals surface area contributed by atoms with Crippen molar-refractivity contribution in [2.24, 2.45) is 11.1 Å². The highest BCUT2D eigenvalue weighted by Gasteiger charge is 2.43. The number of nitrogens with two attached hydrogens (primary N) is 1. The van der Waals surface area contributed by atoms with E-state index in [1.54, 1.807) is 6.92 Å². The molecule has 3 unspecified atom stereocenters. The lowest BCUT2D eigenvalue weighted by molar-refractivity contribution is -0.143. The minimum absolute atomic E-state index is 0.263. The Morgan fingerprint density at radius 1 is 1.59 bits per heavy atom. The molecule has 0 radical (unpaired) electrons. The van der Waals surface area contributed by atoms with E-state index in [2.05, 4.69) is 5.32 Å². The van der Waals surface area contributed by atoms with E-state index >= 15 is 0 Å². The summed E-state index contributed by atoms with van der Waals surface area (Å²) in [6, 6.07) is -1.17. The van der Waals surface area contributed by atoms with Crippen LogP contribution in [0.25, 0.3) is 0 Å². The molecule has 1 aliphatic carbocycles. The van der Waals surface area contributed by atoms with Crippen LogP contribution in [0.2, 0.25) is 0 Å². The first-order chi connectivity index (χ1) is 7.65. The standard InChI is InChI=1S/C11H19F3N2O/c1-7(6-11(12,13)14)16-9(17)10(2)5-3-4-8(10)15/h7-8H,3-6,15H2,1-2H3,(H,16,17). The van der Waals surface area contributed by atoms with E-state index in [-0.39, 0.29) is 11.9 Å². The third kappa shape index (κ3) is 3.59. The zero-order chi connectivity index (χ0) is 13.3. The van der Waals surface area contributed by atoms with Crippen molar-refractivity contribution in [3.63, 3.8) is 0 Å². The van der Waals surface area contributed by atoms with Gasteiger partial charge >= 0.3 is 6.18 Å². The van der Waals surface area contributed by atoms with Crippen molar-refractivity contribution in [2.45, 2.75) is 57.8 Å². The van der Waals surface area contributed by atoms with E-state index < -0.39 is 24.1 Å². The zero-order valence-corrected chi connectivity index (χ0v) is 10.1. The van der Waals surface area contributed by atoms with Gasteiger partial charge in [-0.25, -0.2) is 0 Å². The molecule has 1 aliphatic rings. The van der Waals surface area contributed by atoms with E-state index in [9.17, 15) is 18.0 Å². The van der Waals surface area contributed by atoms with Crippen LogP contribution in [0.1, 0.15) is 39.5 Å². The summed E-state index contributed by atoms with van der Waals surface area (Å²) in [6.45, 7) is 3.08. The van der Waals surface area contributed by atoms with Crippen LogP contribution in [0, 0.1) is 5.41 Å². The van der Waals surface area contributed by atoms with Gasteiger partial charge in [-0.1, -0.05) is 6.42 Å². The van der Waals surface area contributed by atoms with Gasteiger partial charge in [0.1, 0.15) is 0 Å². The van der Waals surface area contributed by atoms with Crippen molar-refractivity contribution in [1.82, 2.24) is 5.32 Å². The number of halogens is 3. The molecule has 6 heteroatoms. The Balaban J connectivity index is 2.54. The molecule has 0 aromatic heterocycles. The Morgan fingerprint density at radius 2 is 2.18 bits per heavy atom. The maximum absolute atomic E-state index is 12.1. The highest BCUT2D eigenvalue weighted by atomic mass is 19.4. The Hall–Kier alpha value is -0.780. The van der Waals surface area contributed by atoms with Crippen molar-refractivity contribution in [3.8, 4) is 0 Å². The van der Waals surface area contributed by atoms with E-state index in [1.165, 1.54) is 6.92 Å². The molecule has 17 heavy (non-hydrogen) atoms. The molecule has 1 amide bonds. The van der Waals surface area contributed by atoms with Gasteiger partial charge in [0.25, 0.3) is 0 Å². The SMILES string of the molecule is CC(CC(F)(F)F)NC(=O)C1(C)CCCC1N. The first-order valence-electron chi connectivity index (χ1n) is 5.78. The fourth-order valence-corrected chi connectivity index (χ4v) is 2.26. The second-order valence-electron chi connectivity index (χ2n) is 5.11. The molecule has 3 atom stereocenters. The van der Waals surface area contributed by atoms with E-state index in [4.69, 9.17) is 5.73 Å². The van der Waals surface area contributed by atoms with Crippen molar-refractivity contribution >= 4 is 5.91 Å². The molecule has 0 aliphatic heterocycles. The summed E-state index contributed by atoms with van der Waals surface area (Å²) in [6.07, 6.45) is -3.04. The molecule has 0 aromatic rings. The predicted octanol–water partition coefficient (Wildman–Crippen LogP) is 1.96. The number of hydrogen-bond donors (Lipinski definition) is 2. The van der Waals surface area contributed by atoms with Crippen LogP contribution >= 0.6 is 0 Å². The van der Waals surface area contributed by atoms with Gasteiger partial charge in [-0.2, -0.15) is 13.2 Å². The summed E-state index contributed by atoms with van der Waals surface area (Å²) in [5.41, 5.74) is 5.11. The Morgan fingerprint density at radius 3 is 2.59 bits per heavy atom. The first-order valence-corrected chi connectivity index (χ1v) is 5.78. The highest BCUT2D eigenvalue weighted by molar-refractivity contribution is 5.83. The minimum Gasteiger partial charge on any atom is -0.353 e. The highest BCUT2D eigenvalue weighted by Crippen LogP contribution is 2.37. The molecule has 0 aromatic carbocycles. The van der Waals surface area contributed by atoms with Gasteiger partial charge in [0, 0.05) is 12.1 Å². The molecule has 0 saturated heterocycles. The fraction of sp³-hybridized carbons (Fsp3) is 0.909. The third-order valence-electron chi connectivity index (χ3n) is 3.46. The van der Waals surface area contributed by atoms with Crippen LogP contribution in [-0.2, 0) is 4.79 Å². The topological polar surface area (TPSA) is 55.1 Å². The van der Waals surface area contributed by atoms with Crippen LogP contribution in [0.4, 0.5) is 13.2 Å². The molecule has 1 saturated carbocycles. The molecule has 1 rings (SSSR count). The van der Waals surface area contributed by atoms with Crippen molar-refractivity contribution in [3.05, 3.63) is 0 Å². The number of carbonyl (C=O) groups is 1. The Labute approximate surface area is 98.9 Å². The molecule has 100 valence electrons. The van der Waals surface area contributed by atoms with Crippen LogP contribution in [0.15, 0.2) is 0 Å². The first kappa shape index (κ1) is 14.3. The quantitative estimate of drug-likeness (QED) is 0.806. The van der Waals surface area contributed by atoms with E-state index in [0.29, 0.717) is 6.42 Å². The number of carbonyl (C=O) groups excluding carboxylic acids is 1. The summed E-state index contributed by atoms with van der Waals surface area (Å²) in [4.78, 5) is 11.9. The van der Waals surface area contributed by atoms with Crippen LogP contribution in [0.3, 0.4) is 0 Å². The van der Waals surface area contributed by atoms with Crippen molar-refractivity contribution in [1.29, 1.82) is 0 Å². The summed E-state index contributed by atoms with van der Waals surface area (Å²) < 4.78 is 36.4. The number of nitrogens with one attached hydrogen (secondary N) is 1. The third-order valence-corrected chi connectivity index (χ3v) is 3.46. The van der Waals surface area contributed by atoms with E-state index in [1.807, 2.05) is 0 Å². The van der Waals surface area contributed by atoms with Crippen LogP contribution < -0.4 is 11.1 Å². The molecule has 3 N–H and O–H groups in total. The maximum atomic E-state index is 12.1. The van der Waals surface area contributed by atoms with Crippen LogP contribution in [0.5, 0.6) is 0 Å². The number of rotatable bonds is 3. The van der Waals surface area contributed by atoms with Gasteiger partial charge in [-0.15, -0.1) is 0 Å². The molecule has 1 fully saturated rings. The van der Waals surface area contributed by atoms with Crippen LogP contribution in [-0.4, -0.2) is 24.2 Å². The second-order valence-corrected chi connectivity index (χ2v) is 5.11. The molecule has 0 spiro atoms. The molecular weight excluding hydrogens is 233 g/mol. The lowest BCUT2D eigenvalue weighted by atomic mass is 9.84. The zero-order valence-electron chi connectivity index (χ0n) is 10.1. The van der Waals surface area contributed by atoms with Gasteiger partial charge in [0.15, 0.2) is 0 Å². The van der Waals surface area contributed by atoms with Gasteiger partial charge < -0.3 is 11.1 Å². The predicted molar refractivity (Wildman–Crippen MR) is 58.2 cm³/mol. The molecule has 0 heterocycles. The molecule has 0 bridgehead atoms. The van der Waals surface area contributed by atoms with Gasteiger partial charge in [0.05, 0.1) is 11.8 Å². The smallest absolute Gasteiger partial charge is 0.353 e. The fourth-order valence-electron chi connectivity index (χ4n) is 2.26. The van der Waals surface area contributed by atoms with Gasteiger partial charge in [-0.3, -0.25) is 4.79 Å². The largest absolute Gasteiger partial charge is 0.391 e. The number of amides is 1. The van der Waals surface area contributed by atoms with Gasteiger partial charge in [0.2, 0.25) is 5.91 Å². The maximum Gasteiger partial charge on any atom is 0.391 e. The average molecular weight is 252 g/mol. The normalized spacial score (nSPS) is 31.3. The Bertz CT molecular complexity index is 293. The molecule has 3 nitrogen and oxygen atoms in total. The average Bonchev–Trinajstić information content (AvgIpc) is 2.44. The Kier molecular flexibility index (Phi) is 4.06. The minimum atomic E-state index is -4.26. The lowest BCUT2D eigenvalue weighted by Gasteiger charge is -2.29.